The number of anilines is 1. The Morgan fingerprint density at radius 1 is 1.26 bits per heavy atom. The number of halogens is 3. The fourth-order valence-electron chi connectivity index (χ4n) is 1.57. The minimum Gasteiger partial charge on any atom is -0.384 e. The van der Waals surface area contributed by atoms with E-state index in [-0.39, 0.29) is 11.5 Å². The summed E-state index contributed by atoms with van der Waals surface area (Å²) in [5.74, 6) is -0.421. The second kappa shape index (κ2) is 7.14. The first-order chi connectivity index (χ1) is 10.9. The monoisotopic (exact) mass is 343 g/mol. The molecule has 9 heteroatoms. The number of nitrogens with two attached hydrogens (primary N) is 1. The van der Waals surface area contributed by atoms with Gasteiger partial charge in [0.05, 0.1) is 10.4 Å². The van der Waals surface area contributed by atoms with Crippen LogP contribution in [0.2, 0.25) is 0 Å². The summed E-state index contributed by atoms with van der Waals surface area (Å²) in [6, 6.07) is 7.61. The molecule has 0 aliphatic carbocycles. The lowest BCUT2D eigenvalue weighted by Gasteiger charge is -2.08. The van der Waals surface area contributed by atoms with Crippen LogP contribution in [-0.4, -0.2) is 18.3 Å². The second-order valence-corrected chi connectivity index (χ2v) is 5.30. The van der Waals surface area contributed by atoms with Crippen molar-refractivity contribution in [2.24, 2.45) is 10.9 Å². The molecule has 5 nitrogen and oxygen atoms in total. The maximum Gasteiger partial charge on any atom is 0.416 e. The van der Waals surface area contributed by atoms with Gasteiger partial charge in [0.1, 0.15) is 0 Å². The van der Waals surface area contributed by atoms with Gasteiger partial charge in [0.2, 0.25) is 0 Å². The normalized spacial score (nSPS) is 12.0. The van der Waals surface area contributed by atoms with Gasteiger partial charge in [-0.25, -0.2) is 0 Å². The van der Waals surface area contributed by atoms with E-state index in [2.05, 4.69) is 10.5 Å². The van der Waals surface area contributed by atoms with Crippen LogP contribution in [0.3, 0.4) is 0 Å². The van der Waals surface area contributed by atoms with E-state index in [0.29, 0.717) is 4.88 Å². The van der Waals surface area contributed by atoms with E-state index < -0.39 is 24.3 Å². The van der Waals surface area contributed by atoms with E-state index in [0.717, 1.165) is 24.3 Å². The highest BCUT2D eigenvalue weighted by Crippen LogP contribution is 2.29. The zero-order chi connectivity index (χ0) is 16.9. The molecule has 1 aromatic heterocycles. The molecule has 122 valence electrons. The molecule has 23 heavy (non-hydrogen) atoms. The number of thiophene rings is 1. The number of hydrogen-bond donors (Lipinski definition) is 2. The third kappa shape index (κ3) is 4.99. The minimum absolute atomic E-state index is 0.141. The summed E-state index contributed by atoms with van der Waals surface area (Å²) in [5, 5.41) is 7.79. The van der Waals surface area contributed by atoms with E-state index in [4.69, 9.17) is 10.6 Å². The summed E-state index contributed by atoms with van der Waals surface area (Å²) >= 11 is 1.37. The molecule has 1 amide bonds. The first-order valence-electron chi connectivity index (χ1n) is 6.32. The fourth-order valence-corrected chi connectivity index (χ4v) is 2.19. The maximum absolute atomic E-state index is 12.4. The fraction of sp³-hybridized carbons (Fsp3) is 0.143. The minimum atomic E-state index is -4.42. The van der Waals surface area contributed by atoms with E-state index in [1.807, 2.05) is 5.38 Å². The van der Waals surface area contributed by atoms with Crippen molar-refractivity contribution in [2.45, 2.75) is 6.18 Å². The lowest BCUT2D eigenvalue weighted by atomic mass is 10.2. The third-order valence-corrected chi connectivity index (χ3v) is 3.52. The van der Waals surface area contributed by atoms with Crippen molar-refractivity contribution in [1.82, 2.24) is 0 Å². The maximum atomic E-state index is 12.4. The number of benzene rings is 1. The molecular weight excluding hydrogens is 331 g/mol. The highest BCUT2D eigenvalue weighted by molar-refractivity contribution is 7.12. The molecule has 0 atom stereocenters. The predicted octanol–water partition coefficient (Wildman–Crippen LogP) is 3.04. The molecule has 0 aliphatic rings. The van der Waals surface area contributed by atoms with Gasteiger partial charge in [0.25, 0.3) is 5.91 Å². The number of nitrogens with one attached hydrogen (secondary N) is 1. The first-order valence-corrected chi connectivity index (χ1v) is 7.20. The molecule has 3 N–H and O–H groups in total. The average molecular weight is 343 g/mol. The van der Waals surface area contributed by atoms with Crippen LogP contribution >= 0.6 is 11.3 Å². The Kier molecular flexibility index (Phi) is 5.22. The summed E-state index contributed by atoms with van der Waals surface area (Å²) in [4.78, 5) is 17.1. The number of rotatable bonds is 5. The highest BCUT2D eigenvalue weighted by atomic mass is 32.1. The topological polar surface area (TPSA) is 76.7 Å². The predicted molar refractivity (Wildman–Crippen MR) is 81.1 cm³/mol. The molecule has 2 aromatic rings. The Morgan fingerprint density at radius 2 is 1.96 bits per heavy atom. The van der Waals surface area contributed by atoms with E-state index >= 15 is 0 Å². The van der Waals surface area contributed by atoms with Crippen molar-refractivity contribution in [1.29, 1.82) is 0 Å². The van der Waals surface area contributed by atoms with Crippen LogP contribution in [0.4, 0.5) is 18.9 Å². The van der Waals surface area contributed by atoms with Crippen molar-refractivity contribution in [3.05, 3.63) is 52.2 Å². The first kappa shape index (κ1) is 16.8. The smallest absolute Gasteiger partial charge is 0.384 e. The van der Waals surface area contributed by atoms with Crippen LogP contribution in [0.25, 0.3) is 0 Å². The molecule has 0 unspecified atom stereocenters. The number of alkyl halides is 3. The van der Waals surface area contributed by atoms with Gasteiger partial charge >= 0.3 is 6.18 Å². The number of amides is 1. The molecule has 0 spiro atoms. The van der Waals surface area contributed by atoms with Crippen LogP contribution in [0.15, 0.2) is 46.9 Å². The summed E-state index contributed by atoms with van der Waals surface area (Å²) in [6.45, 7) is -0.410. The van der Waals surface area contributed by atoms with Gasteiger partial charge in [0, 0.05) is 5.69 Å². The van der Waals surface area contributed by atoms with Crippen molar-refractivity contribution < 1.29 is 22.8 Å². The number of amidine groups is 1. The van der Waals surface area contributed by atoms with Gasteiger partial charge in [0.15, 0.2) is 12.4 Å². The van der Waals surface area contributed by atoms with Crippen LogP contribution in [0.5, 0.6) is 0 Å². The molecule has 0 radical (unpaired) electrons. The molecule has 1 aromatic carbocycles. The van der Waals surface area contributed by atoms with Crippen molar-refractivity contribution >= 4 is 28.8 Å². The van der Waals surface area contributed by atoms with Gasteiger partial charge in [-0.15, -0.1) is 11.3 Å². The summed E-state index contributed by atoms with van der Waals surface area (Å²) < 4.78 is 37.2. The number of oxime groups is 1. The van der Waals surface area contributed by atoms with Crippen molar-refractivity contribution in [2.75, 3.05) is 11.9 Å². The molecule has 0 bridgehead atoms. The summed E-state index contributed by atoms with van der Waals surface area (Å²) in [6.07, 6.45) is -4.42. The zero-order valence-corrected chi connectivity index (χ0v) is 12.4. The third-order valence-electron chi connectivity index (χ3n) is 2.63. The second-order valence-electron chi connectivity index (χ2n) is 4.35. The molecule has 0 aliphatic heterocycles. The quantitative estimate of drug-likeness (QED) is 0.498. The Bertz CT molecular complexity index is 682. The summed E-state index contributed by atoms with van der Waals surface area (Å²) in [7, 11) is 0. The van der Waals surface area contributed by atoms with Gasteiger partial charge < -0.3 is 15.9 Å². The molecule has 0 saturated heterocycles. The number of carbonyl (C=O) groups excluding carboxylic acids is 1. The summed E-state index contributed by atoms with van der Waals surface area (Å²) in [5.41, 5.74) is 5.07. The van der Waals surface area contributed by atoms with Gasteiger partial charge in [-0.05, 0) is 35.7 Å². The van der Waals surface area contributed by atoms with E-state index in [1.165, 1.54) is 11.3 Å². The van der Waals surface area contributed by atoms with Crippen LogP contribution < -0.4 is 11.1 Å². The zero-order valence-electron chi connectivity index (χ0n) is 11.6. The lowest BCUT2D eigenvalue weighted by molar-refractivity contribution is -0.137. The van der Waals surface area contributed by atoms with E-state index in [1.54, 1.807) is 12.1 Å². The SMILES string of the molecule is N/C(=N/OCC(=O)Nc1ccc(C(F)(F)F)cc1)c1cccs1. The Balaban J connectivity index is 1.84. The Labute approximate surface area is 133 Å². The van der Waals surface area contributed by atoms with Gasteiger partial charge in [-0.2, -0.15) is 13.2 Å². The average Bonchev–Trinajstić information content (AvgIpc) is 3.01. The highest BCUT2D eigenvalue weighted by Gasteiger charge is 2.29. The van der Waals surface area contributed by atoms with E-state index in [9.17, 15) is 18.0 Å². The Hall–Kier alpha value is -2.55. The van der Waals surface area contributed by atoms with Crippen LogP contribution in [0.1, 0.15) is 10.4 Å². The standard InChI is InChI=1S/C14H12F3N3O2S/c15-14(16,17)9-3-5-10(6-4-9)19-12(21)8-22-20-13(18)11-2-1-7-23-11/h1-7H,8H2,(H2,18,20)(H,19,21). The van der Waals surface area contributed by atoms with Gasteiger partial charge in [-0.3, -0.25) is 4.79 Å². The lowest BCUT2D eigenvalue weighted by Crippen LogP contribution is -2.19. The molecule has 2 rings (SSSR count). The van der Waals surface area contributed by atoms with Gasteiger partial charge in [-0.1, -0.05) is 11.2 Å². The van der Waals surface area contributed by atoms with Crippen molar-refractivity contribution in [3.8, 4) is 0 Å². The van der Waals surface area contributed by atoms with Crippen LogP contribution in [0, 0.1) is 0 Å². The largest absolute Gasteiger partial charge is 0.416 e. The molecular formula is C14H12F3N3O2S. The van der Waals surface area contributed by atoms with Crippen LogP contribution in [-0.2, 0) is 15.8 Å². The Morgan fingerprint density at radius 3 is 2.52 bits per heavy atom. The molecule has 1 heterocycles. The molecule has 0 saturated carbocycles. The van der Waals surface area contributed by atoms with Crippen molar-refractivity contribution in [3.63, 3.8) is 0 Å². The number of nitrogens with zero attached hydrogens (tertiary/aromatic N) is 1. The number of hydrogen-bond acceptors (Lipinski definition) is 4. The number of carbonyl (C=O) groups is 1. The molecule has 0 fully saturated rings.